The van der Waals surface area contributed by atoms with E-state index in [9.17, 15) is 13.2 Å². The number of carbonyl (C=O) groups is 1. The van der Waals surface area contributed by atoms with Crippen LogP contribution in [0, 0.1) is 0 Å². The van der Waals surface area contributed by atoms with Gasteiger partial charge in [0, 0.05) is 25.7 Å². The second kappa shape index (κ2) is 7.89. The van der Waals surface area contributed by atoms with Crippen molar-refractivity contribution in [3.8, 4) is 0 Å². The van der Waals surface area contributed by atoms with Crippen LogP contribution in [0.3, 0.4) is 0 Å². The van der Waals surface area contributed by atoms with E-state index in [-0.39, 0.29) is 18.2 Å². The van der Waals surface area contributed by atoms with E-state index >= 15 is 0 Å². The van der Waals surface area contributed by atoms with Gasteiger partial charge in [-0.15, -0.1) is 0 Å². The second-order valence-corrected chi connectivity index (χ2v) is 7.38. The van der Waals surface area contributed by atoms with Crippen LogP contribution in [0.2, 0.25) is 0 Å². The maximum absolute atomic E-state index is 12.2. The number of amides is 1. The highest BCUT2D eigenvalue weighted by molar-refractivity contribution is 7.89. The van der Waals surface area contributed by atoms with Gasteiger partial charge in [-0.05, 0) is 17.7 Å². The summed E-state index contributed by atoms with van der Waals surface area (Å²) in [5, 5.41) is 2.63. The van der Waals surface area contributed by atoms with Gasteiger partial charge >= 0.3 is 0 Å². The maximum Gasteiger partial charge on any atom is 0.251 e. The van der Waals surface area contributed by atoms with E-state index in [0.29, 0.717) is 12.1 Å². The van der Waals surface area contributed by atoms with Crippen LogP contribution in [-0.2, 0) is 16.6 Å². The normalized spacial score (nSPS) is 11.4. The molecule has 122 valence electrons. The number of carbonyl (C=O) groups excluding carboxylic acids is 1. The molecule has 0 aromatic heterocycles. The summed E-state index contributed by atoms with van der Waals surface area (Å²) in [6.45, 7) is 0.394. The topological polar surface area (TPSA) is 66.5 Å². The average molecular weight is 332 g/mol. The van der Waals surface area contributed by atoms with E-state index in [4.69, 9.17) is 0 Å². The fourth-order valence-corrected chi connectivity index (χ4v) is 3.10. The summed E-state index contributed by atoms with van der Waals surface area (Å²) in [7, 11) is -1.87. The lowest BCUT2D eigenvalue weighted by Gasteiger charge is -2.17. The monoisotopic (exact) mass is 332 g/mol. The van der Waals surface area contributed by atoms with Gasteiger partial charge in [0.05, 0.1) is 5.75 Å². The molecule has 0 atom stereocenters. The van der Waals surface area contributed by atoms with Gasteiger partial charge in [0.1, 0.15) is 0 Å². The zero-order valence-electron chi connectivity index (χ0n) is 13.0. The van der Waals surface area contributed by atoms with Crippen LogP contribution in [0.25, 0.3) is 0 Å². The fraction of sp³-hybridized carbons (Fsp3) is 0.235. The number of benzene rings is 2. The van der Waals surface area contributed by atoms with Crippen molar-refractivity contribution in [3.05, 3.63) is 71.8 Å². The van der Waals surface area contributed by atoms with Crippen molar-refractivity contribution in [2.24, 2.45) is 0 Å². The Morgan fingerprint density at radius 1 is 1.00 bits per heavy atom. The lowest BCUT2D eigenvalue weighted by molar-refractivity contribution is 0.0956. The van der Waals surface area contributed by atoms with Gasteiger partial charge in [0.2, 0.25) is 10.0 Å². The molecule has 0 aliphatic carbocycles. The average Bonchev–Trinajstić information content (AvgIpc) is 2.56. The van der Waals surface area contributed by atoms with Gasteiger partial charge < -0.3 is 5.32 Å². The Labute approximate surface area is 137 Å². The van der Waals surface area contributed by atoms with Crippen LogP contribution < -0.4 is 5.32 Å². The van der Waals surface area contributed by atoms with Gasteiger partial charge in [-0.25, -0.2) is 12.7 Å². The highest BCUT2D eigenvalue weighted by Gasteiger charge is 2.18. The van der Waals surface area contributed by atoms with Gasteiger partial charge in [-0.2, -0.15) is 0 Å². The Bertz CT molecular complexity index is 731. The van der Waals surface area contributed by atoms with Gasteiger partial charge in [0.25, 0.3) is 5.91 Å². The van der Waals surface area contributed by atoms with E-state index in [1.807, 2.05) is 36.4 Å². The van der Waals surface area contributed by atoms with E-state index in [2.05, 4.69) is 5.32 Å². The first-order valence-corrected chi connectivity index (χ1v) is 8.91. The highest BCUT2D eigenvalue weighted by atomic mass is 32.2. The minimum atomic E-state index is -3.42. The van der Waals surface area contributed by atoms with E-state index in [1.165, 1.54) is 4.31 Å². The Kier molecular flexibility index (Phi) is 5.90. The quantitative estimate of drug-likeness (QED) is 0.842. The maximum atomic E-state index is 12.2. The van der Waals surface area contributed by atoms with Gasteiger partial charge in [0.15, 0.2) is 0 Å². The fourth-order valence-electron chi connectivity index (χ4n) is 2.08. The van der Waals surface area contributed by atoms with Crippen molar-refractivity contribution in [3.63, 3.8) is 0 Å². The van der Waals surface area contributed by atoms with Crippen LogP contribution in [0.4, 0.5) is 0 Å². The molecule has 0 aliphatic rings. The van der Waals surface area contributed by atoms with Crippen LogP contribution in [0.1, 0.15) is 15.9 Å². The Morgan fingerprint density at radius 2 is 1.57 bits per heavy atom. The Morgan fingerprint density at radius 3 is 2.17 bits per heavy atom. The smallest absolute Gasteiger partial charge is 0.251 e. The van der Waals surface area contributed by atoms with Crippen LogP contribution in [-0.4, -0.2) is 38.0 Å². The number of hydrogen-bond acceptors (Lipinski definition) is 3. The molecule has 0 unspecified atom stereocenters. The van der Waals surface area contributed by atoms with Crippen molar-refractivity contribution >= 4 is 15.9 Å². The molecule has 0 saturated heterocycles. The standard InChI is InChI=1S/C17H20N2O3S/c1-19(14-15-8-4-2-5-9-15)23(21,22)13-12-18-17(20)16-10-6-3-7-11-16/h2-11H,12-14H2,1H3,(H,18,20). The lowest BCUT2D eigenvalue weighted by atomic mass is 10.2. The predicted molar refractivity (Wildman–Crippen MR) is 90.5 cm³/mol. The molecular formula is C17H20N2O3S. The molecule has 0 heterocycles. The number of hydrogen-bond donors (Lipinski definition) is 1. The van der Waals surface area contributed by atoms with Crippen molar-refractivity contribution in [2.45, 2.75) is 6.54 Å². The summed E-state index contributed by atoms with van der Waals surface area (Å²) in [4.78, 5) is 11.9. The molecule has 1 N–H and O–H groups in total. The second-order valence-electron chi connectivity index (χ2n) is 5.18. The zero-order chi connectivity index (χ0) is 16.7. The first-order valence-electron chi connectivity index (χ1n) is 7.30. The third-order valence-corrected chi connectivity index (χ3v) is 5.20. The summed E-state index contributed by atoms with van der Waals surface area (Å²) >= 11 is 0. The molecule has 6 heteroatoms. The highest BCUT2D eigenvalue weighted by Crippen LogP contribution is 2.07. The molecule has 2 aromatic rings. The van der Waals surface area contributed by atoms with E-state index in [0.717, 1.165) is 5.56 Å². The zero-order valence-corrected chi connectivity index (χ0v) is 13.8. The molecule has 0 radical (unpaired) electrons. The van der Waals surface area contributed by atoms with Crippen molar-refractivity contribution in [1.82, 2.24) is 9.62 Å². The van der Waals surface area contributed by atoms with Crippen LogP contribution in [0.15, 0.2) is 60.7 Å². The minimum absolute atomic E-state index is 0.0786. The van der Waals surface area contributed by atoms with E-state index < -0.39 is 10.0 Å². The first-order chi connectivity index (χ1) is 11.0. The molecule has 0 fully saturated rings. The van der Waals surface area contributed by atoms with Crippen molar-refractivity contribution in [2.75, 3.05) is 19.3 Å². The summed E-state index contributed by atoms with van der Waals surface area (Å²) in [5.74, 6) is -0.402. The Hall–Kier alpha value is -2.18. The number of nitrogens with zero attached hydrogens (tertiary/aromatic N) is 1. The number of nitrogens with one attached hydrogen (secondary N) is 1. The van der Waals surface area contributed by atoms with E-state index in [1.54, 1.807) is 31.3 Å². The van der Waals surface area contributed by atoms with Crippen LogP contribution in [0.5, 0.6) is 0 Å². The number of rotatable bonds is 7. The molecule has 23 heavy (non-hydrogen) atoms. The SMILES string of the molecule is CN(Cc1ccccc1)S(=O)(=O)CCNC(=O)c1ccccc1. The summed E-state index contributed by atoms with van der Waals surface area (Å²) in [6.07, 6.45) is 0. The summed E-state index contributed by atoms with van der Waals surface area (Å²) in [5.41, 5.74) is 1.44. The largest absolute Gasteiger partial charge is 0.351 e. The van der Waals surface area contributed by atoms with Crippen molar-refractivity contribution < 1.29 is 13.2 Å². The van der Waals surface area contributed by atoms with Gasteiger partial charge in [-0.3, -0.25) is 4.79 Å². The molecule has 0 saturated carbocycles. The molecule has 0 bridgehead atoms. The van der Waals surface area contributed by atoms with Crippen LogP contribution >= 0.6 is 0 Å². The third kappa shape index (κ3) is 5.19. The molecule has 5 nitrogen and oxygen atoms in total. The van der Waals surface area contributed by atoms with Crippen molar-refractivity contribution in [1.29, 1.82) is 0 Å². The molecule has 2 aromatic carbocycles. The first kappa shape index (κ1) is 17.2. The molecule has 2 rings (SSSR count). The molecule has 1 amide bonds. The molecular weight excluding hydrogens is 312 g/mol. The lowest BCUT2D eigenvalue weighted by Crippen LogP contribution is -2.35. The minimum Gasteiger partial charge on any atom is -0.351 e. The molecule has 0 aliphatic heterocycles. The number of sulfonamides is 1. The third-order valence-electron chi connectivity index (χ3n) is 3.40. The summed E-state index contributed by atoms with van der Waals surface area (Å²) < 4.78 is 25.8. The molecule has 0 spiro atoms. The Balaban J connectivity index is 1.85. The summed E-state index contributed by atoms with van der Waals surface area (Å²) in [6, 6.07) is 18.1. The predicted octanol–water partition coefficient (Wildman–Crippen LogP) is 1.88. The van der Waals surface area contributed by atoms with Gasteiger partial charge in [-0.1, -0.05) is 48.5 Å².